The number of carbonyl (C=O) groups is 1. The van der Waals surface area contributed by atoms with Crippen LogP contribution < -0.4 is 5.32 Å². The van der Waals surface area contributed by atoms with Gasteiger partial charge in [-0.05, 0) is 18.9 Å². The van der Waals surface area contributed by atoms with Crippen LogP contribution in [0.3, 0.4) is 0 Å². The maximum atomic E-state index is 13.0. The lowest BCUT2D eigenvalue weighted by Gasteiger charge is -2.24. The van der Waals surface area contributed by atoms with Crippen molar-refractivity contribution in [2.24, 2.45) is 0 Å². The molecule has 0 bridgehead atoms. The zero-order valence-corrected chi connectivity index (χ0v) is 13.0. The Morgan fingerprint density at radius 3 is 2.44 bits per heavy atom. The Morgan fingerprint density at radius 2 is 1.88 bits per heavy atom. The number of amides is 1. The van der Waals surface area contributed by atoms with Crippen molar-refractivity contribution in [2.45, 2.75) is 50.2 Å². The number of aromatic nitrogens is 1. The molecule has 1 aliphatic carbocycles. The predicted octanol–water partition coefficient (Wildman–Crippen LogP) is 3.72. The molecule has 2 rings (SSSR count). The third-order valence-corrected chi connectivity index (χ3v) is 3.84. The van der Waals surface area contributed by atoms with E-state index in [9.17, 15) is 31.1 Å². The van der Waals surface area contributed by atoms with Crippen LogP contribution in [0.15, 0.2) is 18.5 Å². The SMILES string of the molecule is O=C(NCC(OC1CCCC1)C(F)(F)F)c1ccncc1C(F)(F)F. The minimum absolute atomic E-state index is 0.450. The number of halogens is 6. The third kappa shape index (κ3) is 5.32. The van der Waals surface area contributed by atoms with Crippen molar-refractivity contribution in [1.82, 2.24) is 10.3 Å². The fraction of sp³-hybridized carbons (Fsp3) is 0.600. The van der Waals surface area contributed by atoms with Gasteiger partial charge in [-0.2, -0.15) is 26.3 Å². The van der Waals surface area contributed by atoms with Gasteiger partial charge in [0.05, 0.1) is 23.8 Å². The molecule has 0 radical (unpaired) electrons. The van der Waals surface area contributed by atoms with Crippen molar-refractivity contribution in [3.8, 4) is 0 Å². The quantitative estimate of drug-likeness (QED) is 0.804. The van der Waals surface area contributed by atoms with E-state index in [0.717, 1.165) is 25.1 Å². The van der Waals surface area contributed by atoms with Crippen LogP contribution >= 0.6 is 0 Å². The molecule has 0 aromatic carbocycles. The Bertz CT molecular complexity index is 596. The van der Waals surface area contributed by atoms with Crippen molar-refractivity contribution in [3.63, 3.8) is 0 Å². The lowest BCUT2D eigenvalue weighted by Crippen LogP contribution is -2.44. The summed E-state index contributed by atoms with van der Waals surface area (Å²) in [5.41, 5.74) is -2.10. The number of carbonyl (C=O) groups excluding carboxylic acids is 1. The first-order valence-corrected chi connectivity index (χ1v) is 7.60. The van der Waals surface area contributed by atoms with Gasteiger partial charge in [-0.1, -0.05) is 12.8 Å². The van der Waals surface area contributed by atoms with E-state index in [1.807, 2.05) is 5.32 Å². The van der Waals surface area contributed by atoms with E-state index in [2.05, 4.69) is 4.98 Å². The monoisotopic (exact) mass is 370 g/mol. The van der Waals surface area contributed by atoms with Gasteiger partial charge < -0.3 is 10.1 Å². The van der Waals surface area contributed by atoms with Crippen LogP contribution in [0.4, 0.5) is 26.3 Å². The normalized spacial score (nSPS) is 17.5. The maximum absolute atomic E-state index is 13.0. The number of alkyl halides is 6. The summed E-state index contributed by atoms with van der Waals surface area (Å²) in [6.45, 7) is -0.960. The van der Waals surface area contributed by atoms with Crippen LogP contribution in [0.25, 0.3) is 0 Å². The van der Waals surface area contributed by atoms with E-state index in [1.165, 1.54) is 0 Å². The third-order valence-electron chi connectivity index (χ3n) is 3.84. The van der Waals surface area contributed by atoms with Gasteiger partial charge in [0.1, 0.15) is 0 Å². The number of rotatable bonds is 5. The summed E-state index contributed by atoms with van der Waals surface area (Å²) in [6.07, 6.45) is -8.50. The van der Waals surface area contributed by atoms with E-state index in [1.54, 1.807) is 0 Å². The van der Waals surface area contributed by atoms with E-state index < -0.39 is 48.1 Å². The molecular formula is C15H16F6N2O2. The van der Waals surface area contributed by atoms with Crippen LogP contribution in [0.2, 0.25) is 0 Å². The van der Waals surface area contributed by atoms with Crippen molar-refractivity contribution in [1.29, 1.82) is 0 Å². The number of pyridine rings is 1. The van der Waals surface area contributed by atoms with Crippen LogP contribution in [0.1, 0.15) is 41.6 Å². The highest BCUT2D eigenvalue weighted by Crippen LogP contribution is 2.32. The fourth-order valence-electron chi connectivity index (χ4n) is 2.60. The maximum Gasteiger partial charge on any atom is 0.418 e. The van der Waals surface area contributed by atoms with E-state index in [-0.39, 0.29) is 0 Å². The summed E-state index contributed by atoms with van der Waals surface area (Å²) in [5, 5.41) is 1.88. The summed E-state index contributed by atoms with van der Waals surface area (Å²) >= 11 is 0. The van der Waals surface area contributed by atoms with Crippen molar-refractivity contribution in [3.05, 3.63) is 29.6 Å². The molecule has 1 N–H and O–H groups in total. The number of hydrogen-bond donors (Lipinski definition) is 1. The van der Waals surface area contributed by atoms with Crippen molar-refractivity contribution < 1.29 is 35.9 Å². The molecule has 0 saturated heterocycles. The molecule has 140 valence electrons. The first kappa shape index (κ1) is 19.5. The molecule has 1 atom stereocenters. The Morgan fingerprint density at radius 1 is 1.24 bits per heavy atom. The predicted molar refractivity (Wildman–Crippen MR) is 74.8 cm³/mol. The zero-order chi connectivity index (χ0) is 18.7. The largest absolute Gasteiger partial charge is 0.418 e. The molecule has 0 aliphatic heterocycles. The highest BCUT2D eigenvalue weighted by molar-refractivity contribution is 5.95. The minimum Gasteiger partial charge on any atom is -0.364 e. The van der Waals surface area contributed by atoms with Crippen LogP contribution in [-0.4, -0.2) is 35.8 Å². The van der Waals surface area contributed by atoms with Crippen LogP contribution in [0, 0.1) is 0 Å². The average molecular weight is 370 g/mol. The van der Waals surface area contributed by atoms with Crippen LogP contribution in [-0.2, 0) is 10.9 Å². The summed E-state index contributed by atoms with van der Waals surface area (Å²) in [4.78, 5) is 15.2. The molecule has 1 aliphatic rings. The second-order valence-corrected chi connectivity index (χ2v) is 5.70. The summed E-state index contributed by atoms with van der Waals surface area (Å²) in [6, 6.07) is 0.804. The zero-order valence-electron chi connectivity index (χ0n) is 13.0. The smallest absolute Gasteiger partial charge is 0.364 e. The molecule has 0 spiro atoms. The topological polar surface area (TPSA) is 51.2 Å². The highest BCUT2D eigenvalue weighted by Gasteiger charge is 2.43. The Kier molecular flexibility index (Phi) is 5.91. The highest BCUT2D eigenvalue weighted by atomic mass is 19.4. The minimum atomic E-state index is -4.84. The average Bonchev–Trinajstić information content (AvgIpc) is 3.02. The molecule has 10 heteroatoms. The summed E-state index contributed by atoms with van der Waals surface area (Å²) in [5.74, 6) is -1.26. The molecule has 1 aromatic heterocycles. The Labute approximate surface area is 139 Å². The second kappa shape index (κ2) is 7.59. The molecule has 1 fully saturated rings. The van der Waals surface area contributed by atoms with Gasteiger partial charge in [-0.25, -0.2) is 0 Å². The Hall–Kier alpha value is -1.84. The first-order valence-electron chi connectivity index (χ1n) is 7.60. The molecule has 1 heterocycles. The summed E-state index contributed by atoms with van der Waals surface area (Å²) in [7, 11) is 0. The molecule has 1 amide bonds. The molecular weight excluding hydrogens is 354 g/mol. The van der Waals surface area contributed by atoms with Gasteiger partial charge in [0, 0.05) is 12.4 Å². The lowest BCUT2D eigenvalue weighted by molar-refractivity contribution is -0.229. The van der Waals surface area contributed by atoms with Gasteiger partial charge in [0.25, 0.3) is 5.91 Å². The van der Waals surface area contributed by atoms with Gasteiger partial charge in [-0.3, -0.25) is 9.78 Å². The Balaban J connectivity index is 2.06. The van der Waals surface area contributed by atoms with Crippen molar-refractivity contribution in [2.75, 3.05) is 6.54 Å². The molecule has 1 aromatic rings. The van der Waals surface area contributed by atoms with Gasteiger partial charge in [0.2, 0.25) is 0 Å². The lowest BCUT2D eigenvalue weighted by atomic mass is 10.1. The van der Waals surface area contributed by atoms with Crippen molar-refractivity contribution >= 4 is 5.91 Å². The van der Waals surface area contributed by atoms with Crippen LogP contribution in [0.5, 0.6) is 0 Å². The summed E-state index contributed by atoms with van der Waals surface area (Å²) < 4.78 is 82.6. The molecule has 1 unspecified atom stereocenters. The van der Waals surface area contributed by atoms with E-state index in [0.29, 0.717) is 19.0 Å². The van der Waals surface area contributed by atoms with E-state index in [4.69, 9.17) is 4.74 Å². The van der Waals surface area contributed by atoms with Gasteiger partial charge >= 0.3 is 12.4 Å². The number of nitrogens with zero attached hydrogens (tertiary/aromatic N) is 1. The number of ether oxygens (including phenoxy) is 1. The standard InChI is InChI=1S/C15H16F6N2O2/c16-14(17,18)11-7-22-6-5-10(11)13(24)23-8-12(15(19,20)21)25-9-3-1-2-4-9/h5-7,9,12H,1-4,8H2,(H,23,24). The van der Waals surface area contributed by atoms with Gasteiger partial charge in [-0.15, -0.1) is 0 Å². The number of hydrogen-bond acceptors (Lipinski definition) is 3. The second-order valence-electron chi connectivity index (χ2n) is 5.70. The molecule has 25 heavy (non-hydrogen) atoms. The molecule has 1 saturated carbocycles. The number of nitrogens with one attached hydrogen (secondary N) is 1. The van der Waals surface area contributed by atoms with Gasteiger partial charge in [0.15, 0.2) is 6.10 Å². The molecule has 4 nitrogen and oxygen atoms in total. The first-order chi connectivity index (χ1) is 11.6. The fourth-order valence-corrected chi connectivity index (χ4v) is 2.60. The van der Waals surface area contributed by atoms with E-state index >= 15 is 0 Å².